The second kappa shape index (κ2) is 9.34. The molecular weight excluding hydrogens is 316 g/mol. The van der Waals surface area contributed by atoms with E-state index in [2.05, 4.69) is 26.3 Å². The van der Waals surface area contributed by atoms with Crippen LogP contribution >= 0.6 is 0 Å². The van der Waals surface area contributed by atoms with Crippen LogP contribution < -0.4 is 0 Å². The van der Waals surface area contributed by atoms with Crippen LogP contribution in [-0.4, -0.2) is 76.6 Å². The fraction of sp³-hybridized carbons (Fsp3) is 0.474. The highest BCUT2D eigenvalue weighted by molar-refractivity contribution is 6.06. The van der Waals surface area contributed by atoms with Crippen LogP contribution in [0.5, 0.6) is 0 Å². The van der Waals surface area contributed by atoms with Gasteiger partial charge in [0.25, 0.3) is 5.91 Å². The minimum absolute atomic E-state index is 0.201. The number of amides is 3. The molecule has 0 aliphatic carbocycles. The number of urea groups is 1. The zero-order valence-corrected chi connectivity index (χ0v) is 15.5. The maximum atomic E-state index is 12.9. The first-order valence-corrected chi connectivity index (χ1v) is 8.35. The second-order valence-corrected chi connectivity index (χ2v) is 6.51. The number of imide groups is 1. The third kappa shape index (κ3) is 4.90. The van der Waals surface area contributed by atoms with Gasteiger partial charge in [0, 0.05) is 26.2 Å². The summed E-state index contributed by atoms with van der Waals surface area (Å²) in [6.07, 6.45) is 7.03. The largest absolute Gasteiger partial charge is 0.329 e. The number of hydrogen-bond acceptors (Lipinski definition) is 4. The fourth-order valence-electron chi connectivity index (χ4n) is 2.79. The molecule has 1 rings (SSSR count). The molecule has 0 aromatic carbocycles. The van der Waals surface area contributed by atoms with E-state index in [0.29, 0.717) is 32.8 Å². The predicted molar refractivity (Wildman–Crippen MR) is 102 cm³/mol. The summed E-state index contributed by atoms with van der Waals surface area (Å²) in [4.78, 5) is 32.5. The van der Waals surface area contributed by atoms with Crippen LogP contribution in [0.4, 0.5) is 4.79 Å². The van der Waals surface area contributed by atoms with E-state index < -0.39 is 5.54 Å². The van der Waals surface area contributed by atoms with E-state index in [4.69, 9.17) is 0 Å². The zero-order chi connectivity index (χ0) is 19.0. The Labute approximate surface area is 151 Å². The third-order valence-electron chi connectivity index (χ3n) is 4.14. The van der Waals surface area contributed by atoms with Gasteiger partial charge < -0.3 is 0 Å². The lowest BCUT2D eigenvalue weighted by Crippen LogP contribution is -2.49. The molecule has 0 N–H and O–H groups in total. The van der Waals surface area contributed by atoms with E-state index in [9.17, 15) is 9.59 Å². The van der Waals surface area contributed by atoms with Crippen molar-refractivity contribution in [2.45, 2.75) is 19.4 Å². The number of rotatable bonds is 12. The van der Waals surface area contributed by atoms with E-state index in [-0.39, 0.29) is 18.6 Å². The number of carbonyl (C=O) groups is 2. The van der Waals surface area contributed by atoms with Gasteiger partial charge >= 0.3 is 6.03 Å². The van der Waals surface area contributed by atoms with Crippen molar-refractivity contribution in [2.24, 2.45) is 0 Å². The van der Waals surface area contributed by atoms with Gasteiger partial charge in [-0.1, -0.05) is 24.3 Å². The van der Waals surface area contributed by atoms with Crippen molar-refractivity contribution in [3.63, 3.8) is 0 Å². The first kappa shape index (κ1) is 20.9. The van der Waals surface area contributed by atoms with Gasteiger partial charge in [-0.05, 0) is 13.8 Å². The molecule has 0 aromatic heterocycles. The van der Waals surface area contributed by atoms with Crippen LogP contribution in [0.2, 0.25) is 0 Å². The van der Waals surface area contributed by atoms with Gasteiger partial charge in [-0.3, -0.25) is 19.5 Å². The average molecular weight is 346 g/mol. The highest BCUT2D eigenvalue weighted by Gasteiger charge is 2.51. The Morgan fingerprint density at radius 1 is 0.840 bits per heavy atom. The lowest BCUT2D eigenvalue weighted by molar-refractivity contribution is -0.133. The molecule has 1 heterocycles. The summed E-state index contributed by atoms with van der Waals surface area (Å²) in [5.74, 6) is -0.201. The van der Waals surface area contributed by atoms with Crippen molar-refractivity contribution >= 4 is 11.9 Å². The van der Waals surface area contributed by atoms with Crippen molar-refractivity contribution in [3.8, 4) is 0 Å². The summed E-state index contributed by atoms with van der Waals surface area (Å²) in [6, 6.07) is -0.286. The van der Waals surface area contributed by atoms with Gasteiger partial charge in [-0.2, -0.15) is 0 Å². The molecule has 0 saturated carbocycles. The molecule has 1 aliphatic rings. The maximum absolute atomic E-state index is 12.9. The van der Waals surface area contributed by atoms with Crippen molar-refractivity contribution in [3.05, 3.63) is 50.6 Å². The molecule has 0 aromatic rings. The van der Waals surface area contributed by atoms with Crippen molar-refractivity contribution in [1.29, 1.82) is 0 Å². The molecule has 0 atom stereocenters. The number of nitrogens with zero attached hydrogens (tertiary/aromatic N) is 4. The molecule has 6 nitrogen and oxygen atoms in total. The Hall–Kier alpha value is -2.18. The maximum Gasteiger partial charge on any atom is 0.329 e. The van der Waals surface area contributed by atoms with Crippen molar-refractivity contribution in [1.82, 2.24) is 19.6 Å². The summed E-state index contributed by atoms with van der Waals surface area (Å²) >= 11 is 0. The molecule has 0 spiro atoms. The molecule has 1 saturated heterocycles. The molecular formula is C19H30N4O2. The Bertz CT molecular complexity index is 522. The Balaban J connectivity index is 2.97. The van der Waals surface area contributed by atoms with E-state index in [0.717, 1.165) is 0 Å². The molecule has 138 valence electrons. The molecule has 0 radical (unpaired) electrons. The summed E-state index contributed by atoms with van der Waals surface area (Å²) in [6.45, 7) is 21.4. The molecule has 0 bridgehead atoms. The molecule has 3 amide bonds. The lowest BCUT2D eigenvalue weighted by Gasteiger charge is -2.32. The quantitative estimate of drug-likeness (QED) is 0.402. The van der Waals surface area contributed by atoms with E-state index >= 15 is 0 Å². The monoisotopic (exact) mass is 346 g/mol. The Morgan fingerprint density at radius 2 is 1.24 bits per heavy atom. The van der Waals surface area contributed by atoms with Crippen molar-refractivity contribution < 1.29 is 9.59 Å². The van der Waals surface area contributed by atoms with Gasteiger partial charge in [0.15, 0.2) is 0 Å². The van der Waals surface area contributed by atoms with Crippen LogP contribution in [0.15, 0.2) is 50.6 Å². The summed E-state index contributed by atoms with van der Waals surface area (Å²) in [5, 5.41) is 0. The Morgan fingerprint density at radius 3 is 1.64 bits per heavy atom. The second-order valence-electron chi connectivity index (χ2n) is 6.51. The number of hydrogen-bond donors (Lipinski definition) is 0. The summed E-state index contributed by atoms with van der Waals surface area (Å²) < 4.78 is 0. The molecule has 1 aliphatic heterocycles. The highest BCUT2D eigenvalue weighted by Crippen LogP contribution is 2.28. The van der Waals surface area contributed by atoms with Crippen molar-refractivity contribution in [2.75, 3.05) is 39.5 Å². The van der Waals surface area contributed by atoms with E-state index in [1.807, 2.05) is 9.80 Å². The molecule has 6 heteroatoms. The SMILES string of the molecule is C=CCN(CC=C)CN1C(=O)N(CN(CC=C)CC=C)C(C)(C)C1=O. The topological polar surface area (TPSA) is 47.1 Å². The predicted octanol–water partition coefficient (Wildman–Crippen LogP) is 2.29. The van der Waals surface area contributed by atoms with Gasteiger partial charge in [0.05, 0.1) is 13.3 Å². The number of carbonyl (C=O) groups excluding carboxylic acids is 2. The minimum atomic E-state index is -0.897. The van der Waals surface area contributed by atoms with Crippen LogP contribution in [0, 0.1) is 0 Å². The molecule has 1 fully saturated rings. The summed E-state index contributed by atoms with van der Waals surface area (Å²) in [7, 11) is 0. The van der Waals surface area contributed by atoms with E-state index in [1.165, 1.54) is 4.90 Å². The van der Waals surface area contributed by atoms with Crippen LogP contribution in [0.3, 0.4) is 0 Å². The molecule has 25 heavy (non-hydrogen) atoms. The van der Waals surface area contributed by atoms with E-state index in [1.54, 1.807) is 43.1 Å². The first-order valence-electron chi connectivity index (χ1n) is 8.35. The normalized spacial score (nSPS) is 16.6. The van der Waals surface area contributed by atoms with Gasteiger partial charge in [0.2, 0.25) is 0 Å². The summed E-state index contributed by atoms with van der Waals surface area (Å²) in [5.41, 5.74) is -0.897. The standard InChI is InChI=1S/C19H30N4O2/c1-7-11-20(12-8-2)15-22-17(24)19(5,6)23(18(22)25)16-21(13-9-3)14-10-4/h7-10H,1-4,11-16H2,5-6H3. The first-order chi connectivity index (χ1) is 11.8. The average Bonchev–Trinajstić information content (AvgIpc) is 2.70. The third-order valence-corrected chi connectivity index (χ3v) is 4.14. The fourth-order valence-corrected chi connectivity index (χ4v) is 2.79. The van der Waals surface area contributed by atoms with Gasteiger partial charge in [-0.25, -0.2) is 9.69 Å². The smallest absolute Gasteiger partial charge is 0.297 e. The van der Waals surface area contributed by atoms with Crippen LogP contribution in [-0.2, 0) is 4.79 Å². The van der Waals surface area contributed by atoms with Crippen LogP contribution in [0.1, 0.15) is 13.8 Å². The Kier molecular flexibility index (Phi) is 7.80. The van der Waals surface area contributed by atoms with Gasteiger partial charge in [0.1, 0.15) is 5.54 Å². The molecule has 0 unspecified atom stereocenters. The highest BCUT2D eigenvalue weighted by atomic mass is 16.2. The van der Waals surface area contributed by atoms with Gasteiger partial charge in [-0.15, -0.1) is 26.3 Å². The zero-order valence-electron chi connectivity index (χ0n) is 15.5. The lowest BCUT2D eigenvalue weighted by atomic mass is 10.0. The minimum Gasteiger partial charge on any atom is -0.297 e. The van der Waals surface area contributed by atoms with Crippen LogP contribution in [0.25, 0.3) is 0 Å².